The minimum Gasteiger partial charge on any atom is -0.417 e. The minimum atomic E-state index is -0.347. The standard InChI is InChI=1S/C7H4ClFO2S/c8-11-7(12)10-6-3-1-5(9)2-4-6/h1-4H. The summed E-state index contributed by atoms with van der Waals surface area (Å²) in [6, 6.07) is 5.31. The molecule has 0 spiro atoms. The molecule has 5 heteroatoms. The molecule has 1 aromatic carbocycles. The lowest BCUT2D eigenvalue weighted by Crippen LogP contribution is -2.03. The van der Waals surface area contributed by atoms with Crippen LogP contribution in [0.2, 0.25) is 0 Å². The molecule has 0 saturated carbocycles. The van der Waals surface area contributed by atoms with Gasteiger partial charge in [0, 0.05) is 12.2 Å². The Bertz CT molecular complexity index is 275. The highest BCUT2D eigenvalue weighted by molar-refractivity contribution is 7.79. The molecule has 64 valence electrons. The average molecular weight is 207 g/mol. The Labute approximate surface area is 79.0 Å². The van der Waals surface area contributed by atoms with Gasteiger partial charge in [0.2, 0.25) is 0 Å². The van der Waals surface area contributed by atoms with Crippen LogP contribution in [0.15, 0.2) is 24.3 Å². The normalized spacial score (nSPS) is 9.17. The summed E-state index contributed by atoms with van der Waals surface area (Å²) in [6.45, 7) is 0. The third-order valence-electron chi connectivity index (χ3n) is 1.08. The van der Waals surface area contributed by atoms with Gasteiger partial charge in [-0.3, -0.25) is 0 Å². The van der Waals surface area contributed by atoms with Crippen LogP contribution in [0.25, 0.3) is 0 Å². The Hall–Kier alpha value is -0.870. The summed E-state index contributed by atoms with van der Waals surface area (Å²) in [4.78, 5) is 0. The maximum atomic E-state index is 12.4. The van der Waals surface area contributed by atoms with Crippen molar-refractivity contribution in [2.24, 2.45) is 0 Å². The summed E-state index contributed by atoms with van der Waals surface area (Å²) < 4.78 is 21.3. The molecule has 0 aromatic heterocycles. The van der Waals surface area contributed by atoms with Gasteiger partial charge in [-0.1, -0.05) is 0 Å². The summed E-state index contributed by atoms with van der Waals surface area (Å²) in [5.41, 5.74) is 0. The molecule has 0 bridgehead atoms. The molecule has 0 amide bonds. The second-order valence-electron chi connectivity index (χ2n) is 1.88. The molecule has 0 fully saturated rings. The van der Waals surface area contributed by atoms with Crippen LogP contribution in [0.4, 0.5) is 4.39 Å². The van der Waals surface area contributed by atoms with Gasteiger partial charge >= 0.3 is 5.24 Å². The zero-order chi connectivity index (χ0) is 8.97. The molecule has 12 heavy (non-hydrogen) atoms. The van der Waals surface area contributed by atoms with Gasteiger partial charge in [-0.25, -0.2) is 4.39 Å². The van der Waals surface area contributed by atoms with Crippen LogP contribution >= 0.6 is 24.1 Å². The summed E-state index contributed by atoms with van der Waals surface area (Å²) in [5, 5.41) is -0.219. The summed E-state index contributed by atoms with van der Waals surface area (Å²) >= 11 is 9.39. The second-order valence-corrected chi connectivity index (χ2v) is 2.37. The zero-order valence-electron chi connectivity index (χ0n) is 5.79. The molecule has 1 aromatic rings. The number of halogens is 2. The maximum Gasteiger partial charge on any atom is 0.376 e. The predicted octanol–water partition coefficient (Wildman–Crippen LogP) is 2.66. The molecule has 0 heterocycles. The van der Waals surface area contributed by atoms with Gasteiger partial charge in [-0.15, -0.1) is 0 Å². The highest BCUT2D eigenvalue weighted by atomic mass is 35.5. The number of hydrogen-bond donors (Lipinski definition) is 0. The first-order valence-corrected chi connectivity index (χ1v) is 3.70. The van der Waals surface area contributed by atoms with Crippen molar-refractivity contribution in [3.8, 4) is 5.75 Å². The lowest BCUT2D eigenvalue weighted by molar-refractivity contribution is 0.425. The Kier molecular flexibility index (Phi) is 3.25. The summed E-state index contributed by atoms with van der Waals surface area (Å²) in [6.07, 6.45) is 0. The molecule has 0 atom stereocenters. The Morgan fingerprint density at radius 1 is 1.33 bits per heavy atom. The van der Waals surface area contributed by atoms with Gasteiger partial charge in [-0.05, 0) is 24.3 Å². The van der Waals surface area contributed by atoms with Crippen LogP contribution in [0.1, 0.15) is 0 Å². The van der Waals surface area contributed by atoms with E-state index in [0.29, 0.717) is 5.75 Å². The second kappa shape index (κ2) is 4.23. The quantitative estimate of drug-likeness (QED) is 0.659. The van der Waals surface area contributed by atoms with Crippen molar-refractivity contribution >= 4 is 29.3 Å². The Morgan fingerprint density at radius 2 is 1.92 bits per heavy atom. The first-order chi connectivity index (χ1) is 5.72. The molecular weight excluding hydrogens is 203 g/mol. The molecule has 0 aliphatic rings. The topological polar surface area (TPSA) is 18.5 Å². The van der Waals surface area contributed by atoms with E-state index in [1.54, 1.807) is 0 Å². The molecule has 0 radical (unpaired) electrons. The van der Waals surface area contributed by atoms with Crippen LogP contribution in [-0.2, 0) is 4.29 Å². The van der Waals surface area contributed by atoms with E-state index in [-0.39, 0.29) is 11.1 Å². The number of thiocarbonyl (C=S) groups is 1. The number of ether oxygens (including phenoxy) is 1. The van der Waals surface area contributed by atoms with Crippen LogP contribution in [0.3, 0.4) is 0 Å². The smallest absolute Gasteiger partial charge is 0.376 e. The number of rotatable bonds is 1. The van der Waals surface area contributed by atoms with Crippen LogP contribution < -0.4 is 4.74 Å². The van der Waals surface area contributed by atoms with Gasteiger partial charge in [0.05, 0.1) is 0 Å². The van der Waals surface area contributed by atoms with Gasteiger partial charge in [0.1, 0.15) is 23.4 Å². The predicted molar refractivity (Wildman–Crippen MR) is 46.6 cm³/mol. The number of hydrogen-bond acceptors (Lipinski definition) is 3. The van der Waals surface area contributed by atoms with E-state index in [1.807, 2.05) is 0 Å². The summed E-state index contributed by atoms with van der Waals surface area (Å²) in [5.74, 6) is 0.0297. The highest BCUT2D eigenvalue weighted by Crippen LogP contribution is 2.11. The van der Waals surface area contributed by atoms with Crippen molar-refractivity contribution in [2.45, 2.75) is 0 Å². The van der Waals surface area contributed by atoms with Crippen molar-refractivity contribution in [3.63, 3.8) is 0 Å². The molecule has 0 unspecified atom stereocenters. The van der Waals surface area contributed by atoms with E-state index >= 15 is 0 Å². The first-order valence-electron chi connectivity index (χ1n) is 2.98. The SMILES string of the molecule is Fc1ccc(OC(=S)OCl)cc1. The molecule has 0 aliphatic heterocycles. The first kappa shape index (κ1) is 9.22. The van der Waals surface area contributed by atoms with Crippen molar-refractivity contribution in [1.29, 1.82) is 0 Å². The molecule has 0 N–H and O–H groups in total. The zero-order valence-corrected chi connectivity index (χ0v) is 7.36. The molecular formula is C7H4ClFO2S. The monoisotopic (exact) mass is 206 g/mol. The molecule has 0 saturated heterocycles. The highest BCUT2D eigenvalue weighted by Gasteiger charge is 1.99. The maximum absolute atomic E-state index is 12.4. The van der Waals surface area contributed by atoms with Gasteiger partial charge in [0.15, 0.2) is 0 Å². The van der Waals surface area contributed by atoms with Crippen LogP contribution in [0.5, 0.6) is 5.75 Å². The fourth-order valence-corrected chi connectivity index (χ4v) is 0.742. The van der Waals surface area contributed by atoms with Crippen LogP contribution in [0, 0.1) is 5.82 Å². The van der Waals surface area contributed by atoms with E-state index < -0.39 is 0 Å². The Balaban J connectivity index is 2.64. The van der Waals surface area contributed by atoms with Crippen LogP contribution in [-0.4, -0.2) is 5.24 Å². The van der Waals surface area contributed by atoms with E-state index in [9.17, 15) is 4.39 Å². The molecule has 1 rings (SSSR count). The summed E-state index contributed by atoms with van der Waals surface area (Å²) in [7, 11) is 0. The fraction of sp³-hybridized carbons (Fsp3) is 0. The van der Waals surface area contributed by atoms with Gasteiger partial charge < -0.3 is 9.03 Å². The third-order valence-corrected chi connectivity index (χ3v) is 1.48. The van der Waals surface area contributed by atoms with Crippen molar-refractivity contribution in [1.82, 2.24) is 0 Å². The number of benzene rings is 1. The minimum absolute atomic E-state index is 0.219. The van der Waals surface area contributed by atoms with Crippen molar-refractivity contribution in [2.75, 3.05) is 0 Å². The third kappa shape index (κ3) is 2.64. The molecule has 0 aliphatic carbocycles. The fourth-order valence-electron chi connectivity index (χ4n) is 0.615. The van der Waals surface area contributed by atoms with E-state index in [0.717, 1.165) is 0 Å². The lowest BCUT2D eigenvalue weighted by Gasteiger charge is -2.01. The van der Waals surface area contributed by atoms with Gasteiger partial charge in [-0.2, -0.15) is 0 Å². The molecule has 2 nitrogen and oxygen atoms in total. The Morgan fingerprint density at radius 3 is 2.42 bits per heavy atom. The van der Waals surface area contributed by atoms with E-state index in [2.05, 4.69) is 16.5 Å². The van der Waals surface area contributed by atoms with E-state index in [1.165, 1.54) is 24.3 Å². The largest absolute Gasteiger partial charge is 0.417 e. The lowest BCUT2D eigenvalue weighted by atomic mass is 10.3. The average Bonchev–Trinajstić information content (AvgIpc) is 2.09. The van der Waals surface area contributed by atoms with Crippen molar-refractivity contribution < 1.29 is 13.4 Å². The van der Waals surface area contributed by atoms with Crippen molar-refractivity contribution in [3.05, 3.63) is 30.1 Å². The van der Waals surface area contributed by atoms with E-state index in [4.69, 9.17) is 16.6 Å². The van der Waals surface area contributed by atoms with Gasteiger partial charge in [0.25, 0.3) is 0 Å².